The van der Waals surface area contributed by atoms with Crippen LogP contribution in [-0.2, 0) is 4.74 Å². The Balaban J connectivity index is 2.57. The number of nitrogens with zero attached hydrogens (tertiary/aromatic N) is 2. The summed E-state index contributed by atoms with van der Waals surface area (Å²) in [6.45, 7) is 3.84. The summed E-state index contributed by atoms with van der Waals surface area (Å²) >= 11 is 0. The minimum Gasteiger partial charge on any atom is -0.449 e. The van der Waals surface area contributed by atoms with Crippen molar-refractivity contribution in [3.63, 3.8) is 0 Å². The van der Waals surface area contributed by atoms with Crippen LogP contribution in [0.5, 0.6) is 0 Å². The summed E-state index contributed by atoms with van der Waals surface area (Å²) in [6, 6.07) is 3.66. The molecule has 1 N–H and O–H groups in total. The first-order chi connectivity index (χ1) is 7.24. The first kappa shape index (κ1) is 11.2. The molecule has 1 aromatic rings. The lowest BCUT2D eigenvalue weighted by molar-refractivity contribution is 0.152. The molecule has 1 aromatic heterocycles. The first-order valence-corrected chi connectivity index (χ1v) is 4.61. The fourth-order valence-corrected chi connectivity index (χ4v) is 0.934. The second-order valence-corrected chi connectivity index (χ2v) is 2.77. The van der Waals surface area contributed by atoms with Crippen LogP contribution in [0.3, 0.4) is 0 Å². The number of rotatable bonds is 3. The van der Waals surface area contributed by atoms with E-state index in [2.05, 4.69) is 20.2 Å². The molecule has 1 heterocycles. The van der Waals surface area contributed by atoms with Crippen LogP contribution in [0, 0.1) is 0 Å². The number of amides is 1. The third kappa shape index (κ3) is 3.76. The molecule has 0 aliphatic rings. The Morgan fingerprint density at radius 2 is 2.47 bits per heavy atom. The first-order valence-electron chi connectivity index (χ1n) is 4.61. The maximum absolute atomic E-state index is 10.9. The Morgan fingerprint density at radius 1 is 1.67 bits per heavy atom. The minimum atomic E-state index is -0.555. The zero-order chi connectivity index (χ0) is 11.1. The number of aromatic nitrogens is 1. The molecule has 0 saturated heterocycles. The van der Waals surface area contributed by atoms with Crippen molar-refractivity contribution in [2.75, 3.05) is 6.61 Å². The van der Waals surface area contributed by atoms with Gasteiger partial charge in [0.05, 0.1) is 12.3 Å². The van der Waals surface area contributed by atoms with Crippen LogP contribution in [0.25, 0.3) is 0 Å². The molecule has 0 aliphatic heterocycles. The number of hydrogen-bond acceptors (Lipinski definition) is 4. The monoisotopic (exact) mass is 207 g/mol. The molecule has 0 aromatic carbocycles. The average molecular weight is 207 g/mol. The van der Waals surface area contributed by atoms with Gasteiger partial charge >= 0.3 is 6.09 Å². The fourth-order valence-electron chi connectivity index (χ4n) is 0.934. The van der Waals surface area contributed by atoms with Crippen LogP contribution in [0.2, 0.25) is 0 Å². The van der Waals surface area contributed by atoms with Gasteiger partial charge in [-0.25, -0.2) is 10.2 Å². The number of pyridine rings is 1. The molecule has 0 aliphatic carbocycles. The van der Waals surface area contributed by atoms with Gasteiger partial charge in [-0.1, -0.05) is 6.07 Å². The number of carbonyl (C=O) groups excluding carboxylic acids is 1. The van der Waals surface area contributed by atoms with Crippen LogP contribution in [0.4, 0.5) is 4.79 Å². The molecule has 0 spiro atoms. The van der Waals surface area contributed by atoms with Gasteiger partial charge in [0.15, 0.2) is 0 Å². The van der Waals surface area contributed by atoms with Crippen molar-refractivity contribution in [2.24, 2.45) is 5.10 Å². The smallest absolute Gasteiger partial charge is 0.427 e. The summed E-state index contributed by atoms with van der Waals surface area (Å²) in [5, 5.41) is 3.87. The molecule has 0 unspecified atom stereocenters. The van der Waals surface area contributed by atoms with Gasteiger partial charge in [0, 0.05) is 18.0 Å². The zero-order valence-electron chi connectivity index (χ0n) is 8.73. The molecule has 0 atom stereocenters. The van der Waals surface area contributed by atoms with Crippen LogP contribution < -0.4 is 5.43 Å². The summed E-state index contributed by atoms with van der Waals surface area (Å²) in [5.41, 5.74) is 3.81. The van der Waals surface area contributed by atoms with Crippen molar-refractivity contribution in [3.8, 4) is 0 Å². The van der Waals surface area contributed by atoms with Gasteiger partial charge in [-0.15, -0.1) is 0 Å². The molecule has 80 valence electrons. The van der Waals surface area contributed by atoms with Gasteiger partial charge in [-0.3, -0.25) is 4.98 Å². The number of hydrogen-bond donors (Lipinski definition) is 1. The van der Waals surface area contributed by atoms with Crippen molar-refractivity contribution in [3.05, 3.63) is 30.1 Å². The van der Waals surface area contributed by atoms with E-state index in [0.717, 1.165) is 5.56 Å². The Kier molecular flexibility index (Phi) is 4.28. The van der Waals surface area contributed by atoms with E-state index in [1.165, 1.54) is 0 Å². The Hall–Kier alpha value is -1.91. The third-order valence-corrected chi connectivity index (χ3v) is 1.67. The second-order valence-electron chi connectivity index (χ2n) is 2.77. The van der Waals surface area contributed by atoms with E-state index in [4.69, 9.17) is 0 Å². The molecule has 15 heavy (non-hydrogen) atoms. The van der Waals surface area contributed by atoms with E-state index in [1.54, 1.807) is 32.3 Å². The van der Waals surface area contributed by atoms with Gasteiger partial charge < -0.3 is 4.74 Å². The Morgan fingerprint density at radius 3 is 3.07 bits per heavy atom. The quantitative estimate of drug-likeness (QED) is 0.604. The van der Waals surface area contributed by atoms with Gasteiger partial charge in [0.1, 0.15) is 0 Å². The summed E-state index contributed by atoms with van der Waals surface area (Å²) < 4.78 is 4.66. The van der Waals surface area contributed by atoms with Crippen LogP contribution >= 0.6 is 0 Å². The summed E-state index contributed by atoms with van der Waals surface area (Å²) in [6.07, 6.45) is 2.79. The fraction of sp³-hybridized carbons (Fsp3) is 0.300. The van der Waals surface area contributed by atoms with Crippen LogP contribution in [0.15, 0.2) is 29.6 Å². The largest absolute Gasteiger partial charge is 0.449 e. The van der Waals surface area contributed by atoms with Crippen molar-refractivity contribution in [2.45, 2.75) is 13.8 Å². The van der Waals surface area contributed by atoms with Crippen LogP contribution in [-0.4, -0.2) is 23.4 Å². The maximum atomic E-state index is 10.9. The average Bonchev–Trinajstić information content (AvgIpc) is 2.27. The highest BCUT2D eigenvalue weighted by atomic mass is 16.5. The highest BCUT2D eigenvalue weighted by Crippen LogP contribution is 1.97. The van der Waals surface area contributed by atoms with Crippen LogP contribution in [0.1, 0.15) is 19.4 Å². The highest BCUT2D eigenvalue weighted by Gasteiger charge is 1.99. The molecule has 0 bridgehead atoms. The molecular formula is C10H13N3O2. The maximum Gasteiger partial charge on any atom is 0.427 e. The van der Waals surface area contributed by atoms with E-state index in [-0.39, 0.29) is 0 Å². The van der Waals surface area contributed by atoms with Crippen molar-refractivity contribution in [1.82, 2.24) is 10.4 Å². The number of nitrogens with one attached hydrogen (secondary N) is 1. The molecular weight excluding hydrogens is 194 g/mol. The van der Waals surface area contributed by atoms with E-state index >= 15 is 0 Å². The number of hydrazone groups is 1. The molecule has 0 saturated carbocycles. The molecule has 1 amide bonds. The van der Waals surface area contributed by atoms with E-state index in [0.29, 0.717) is 12.3 Å². The summed E-state index contributed by atoms with van der Waals surface area (Å²) in [4.78, 5) is 14.9. The second kappa shape index (κ2) is 5.74. The number of ether oxygens (including phenoxy) is 1. The minimum absolute atomic E-state index is 0.327. The van der Waals surface area contributed by atoms with Gasteiger partial charge in [0.2, 0.25) is 0 Å². The highest BCUT2D eigenvalue weighted by molar-refractivity contribution is 5.98. The Labute approximate surface area is 88.2 Å². The third-order valence-electron chi connectivity index (χ3n) is 1.67. The summed E-state index contributed by atoms with van der Waals surface area (Å²) in [7, 11) is 0. The van der Waals surface area contributed by atoms with Crippen molar-refractivity contribution in [1.29, 1.82) is 0 Å². The summed E-state index contributed by atoms with van der Waals surface area (Å²) in [5.74, 6) is 0. The normalized spacial score (nSPS) is 10.9. The molecule has 5 heteroatoms. The lowest BCUT2D eigenvalue weighted by Crippen LogP contribution is -2.20. The molecule has 0 radical (unpaired) electrons. The van der Waals surface area contributed by atoms with E-state index in [9.17, 15) is 4.79 Å². The zero-order valence-corrected chi connectivity index (χ0v) is 8.73. The van der Waals surface area contributed by atoms with Crippen molar-refractivity contribution < 1.29 is 9.53 Å². The van der Waals surface area contributed by atoms with Gasteiger partial charge in [-0.05, 0) is 19.9 Å². The predicted octanol–water partition coefficient (Wildman–Crippen LogP) is 1.55. The molecule has 1 rings (SSSR count). The lowest BCUT2D eigenvalue weighted by atomic mass is 10.2. The van der Waals surface area contributed by atoms with Gasteiger partial charge in [-0.2, -0.15) is 5.10 Å². The van der Waals surface area contributed by atoms with E-state index < -0.39 is 6.09 Å². The predicted molar refractivity (Wildman–Crippen MR) is 56.6 cm³/mol. The Bertz CT molecular complexity index is 349. The van der Waals surface area contributed by atoms with Crippen molar-refractivity contribution >= 4 is 11.8 Å². The molecule has 5 nitrogen and oxygen atoms in total. The van der Waals surface area contributed by atoms with E-state index in [1.807, 2.05) is 6.07 Å². The standard InChI is InChI=1S/C10H13N3O2/c1-3-15-10(14)13-12-8(2)9-5-4-6-11-7-9/h4-7H,3H2,1-2H3,(H,13,14)/b12-8-. The molecule has 0 fully saturated rings. The SMILES string of the molecule is CCOC(=O)N/N=C(/C)c1cccnc1. The number of carbonyl (C=O) groups is 1. The lowest BCUT2D eigenvalue weighted by Gasteiger charge is -2.01. The van der Waals surface area contributed by atoms with Gasteiger partial charge in [0.25, 0.3) is 0 Å². The topological polar surface area (TPSA) is 63.6 Å².